The van der Waals surface area contributed by atoms with E-state index in [1.54, 1.807) is 11.4 Å². The van der Waals surface area contributed by atoms with Gasteiger partial charge >= 0.3 is 5.97 Å². The Bertz CT molecular complexity index is 1030. The van der Waals surface area contributed by atoms with Crippen molar-refractivity contribution < 1.29 is 18.3 Å². The second-order valence-electron chi connectivity index (χ2n) is 5.60. The zero-order chi connectivity index (χ0) is 18.7. The molecule has 0 saturated heterocycles. The quantitative estimate of drug-likeness (QED) is 0.600. The Morgan fingerprint density at radius 3 is 2.46 bits per heavy atom. The minimum Gasteiger partial charge on any atom is -0.478 e. The van der Waals surface area contributed by atoms with E-state index in [0.29, 0.717) is 23.4 Å². The number of carbonyl (C=O) groups is 1. The number of hydrogen-bond donors (Lipinski definition) is 3. The van der Waals surface area contributed by atoms with Crippen LogP contribution in [0, 0.1) is 0 Å². The van der Waals surface area contributed by atoms with Crippen LogP contribution >= 0.6 is 11.3 Å². The molecule has 1 aromatic heterocycles. The van der Waals surface area contributed by atoms with Gasteiger partial charge in [0.25, 0.3) is 0 Å². The Balaban J connectivity index is 2.16. The minimum atomic E-state index is -4.12. The first-order chi connectivity index (χ1) is 12.4. The van der Waals surface area contributed by atoms with Crippen LogP contribution in [-0.4, -0.2) is 19.5 Å². The van der Waals surface area contributed by atoms with E-state index in [-0.39, 0.29) is 10.5 Å². The fourth-order valence-corrected chi connectivity index (χ4v) is 4.05. The molecule has 0 radical (unpaired) electrons. The Labute approximate surface area is 155 Å². The molecule has 3 aromatic rings. The monoisotopic (exact) mass is 388 g/mol. The number of benzene rings is 2. The molecule has 0 aliphatic carbocycles. The van der Waals surface area contributed by atoms with Crippen molar-refractivity contribution in [1.82, 2.24) is 0 Å². The SMILES string of the molecule is NS(=O)(=O)c1cc(C(=O)O)cc(NCc2ccccc2)c1-c1ccsc1. The van der Waals surface area contributed by atoms with Crippen LogP contribution in [0.15, 0.2) is 64.2 Å². The molecule has 0 bridgehead atoms. The molecule has 2 aromatic carbocycles. The maximum atomic E-state index is 12.1. The smallest absolute Gasteiger partial charge is 0.335 e. The van der Waals surface area contributed by atoms with Crippen LogP contribution in [0.2, 0.25) is 0 Å². The highest BCUT2D eigenvalue weighted by Gasteiger charge is 2.22. The standard InChI is InChI=1S/C18H16N2O4S2/c19-26(23,24)16-9-14(18(21)22)8-15(17(16)13-6-7-25-11-13)20-10-12-4-2-1-3-5-12/h1-9,11,20H,10H2,(H,21,22)(H2,19,23,24). The van der Waals surface area contributed by atoms with Gasteiger partial charge in [-0.15, -0.1) is 0 Å². The Kier molecular flexibility index (Phi) is 5.08. The molecule has 0 amide bonds. The van der Waals surface area contributed by atoms with Gasteiger partial charge in [-0.3, -0.25) is 0 Å². The molecule has 0 unspecified atom stereocenters. The Morgan fingerprint density at radius 1 is 1.15 bits per heavy atom. The van der Waals surface area contributed by atoms with Gasteiger partial charge in [-0.1, -0.05) is 30.3 Å². The van der Waals surface area contributed by atoms with Crippen molar-refractivity contribution in [2.45, 2.75) is 11.4 Å². The van der Waals surface area contributed by atoms with Crippen LogP contribution in [0.25, 0.3) is 11.1 Å². The highest BCUT2D eigenvalue weighted by Crippen LogP contribution is 2.36. The average Bonchev–Trinajstić information content (AvgIpc) is 3.13. The van der Waals surface area contributed by atoms with E-state index in [1.807, 2.05) is 35.7 Å². The van der Waals surface area contributed by atoms with Gasteiger partial charge in [0.1, 0.15) is 0 Å². The Hall–Kier alpha value is -2.68. The van der Waals surface area contributed by atoms with Crippen molar-refractivity contribution in [3.8, 4) is 11.1 Å². The van der Waals surface area contributed by atoms with Gasteiger partial charge in [0.05, 0.1) is 10.5 Å². The minimum absolute atomic E-state index is 0.149. The number of nitrogens with one attached hydrogen (secondary N) is 1. The van der Waals surface area contributed by atoms with E-state index in [2.05, 4.69) is 5.32 Å². The van der Waals surface area contributed by atoms with Crippen molar-refractivity contribution in [2.75, 3.05) is 5.32 Å². The number of thiophene rings is 1. The second kappa shape index (κ2) is 7.28. The molecular formula is C18H16N2O4S2. The molecule has 3 rings (SSSR count). The van der Waals surface area contributed by atoms with Crippen molar-refractivity contribution in [3.05, 3.63) is 70.4 Å². The van der Waals surface area contributed by atoms with Crippen molar-refractivity contribution in [3.63, 3.8) is 0 Å². The van der Waals surface area contributed by atoms with Gasteiger partial charge in [-0.25, -0.2) is 18.4 Å². The summed E-state index contributed by atoms with van der Waals surface area (Å²) in [7, 11) is -4.12. The Morgan fingerprint density at radius 2 is 1.88 bits per heavy atom. The molecule has 4 N–H and O–H groups in total. The summed E-state index contributed by atoms with van der Waals surface area (Å²) < 4.78 is 24.2. The lowest BCUT2D eigenvalue weighted by molar-refractivity contribution is 0.0696. The normalized spacial score (nSPS) is 11.3. The lowest BCUT2D eigenvalue weighted by atomic mass is 10.0. The number of anilines is 1. The van der Waals surface area contributed by atoms with Gasteiger partial charge in [-0.2, -0.15) is 11.3 Å². The van der Waals surface area contributed by atoms with Gasteiger partial charge in [-0.05, 0) is 40.1 Å². The average molecular weight is 388 g/mol. The third-order valence-electron chi connectivity index (χ3n) is 3.79. The summed E-state index contributed by atoms with van der Waals surface area (Å²) in [6.07, 6.45) is 0. The predicted molar refractivity (Wildman–Crippen MR) is 102 cm³/mol. The molecule has 0 aliphatic rings. The van der Waals surface area contributed by atoms with Crippen LogP contribution in [0.1, 0.15) is 15.9 Å². The molecule has 0 atom stereocenters. The van der Waals surface area contributed by atoms with Crippen LogP contribution in [0.4, 0.5) is 5.69 Å². The molecule has 0 spiro atoms. The van der Waals surface area contributed by atoms with Crippen LogP contribution in [0.3, 0.4) is 0 Å². The van der Waals surface area contributed by atoms with E-state index in [1.165, 1.54) is 17.4 Å². The zero-order valence-corrected chi connectivity index (χ0v) is 15.2. The summed E-state index contributed by atoms with van der Waals surface area (Å²) in [5.41, 5.74) is 2.25. The van der Waals surface area contributed by atoms with Crippen molar-refractivity contribution >= 4 is 33.0 Å². The molecular weight excluding hydrogens is 372 g/mol. The van der Waals surface area contributed by atoms with Crippen molar-refractivity contribution in [2.24, 2.45) is 5.14 Å². The summed E-state index contributed by atoms with van der Waals surface area (Å²) in [6, 6.07) is 13.8. The molecule has 0 fully saturated rings. The summed E-state index contributed by atoms with van der Waals surface area (Å²) in [4.78, 5) is 11.2. The van der Waals surface area contributed by atoms with Gasteiger partial charge < -0.3 is 10.4 Å². The summed E-state index contributed by atoms with van der Waals surface area (Å²) >= 11 is 1.41. The zero-order valence-electron chi connectivity index (χ0n) is 13.5. The van der Waals surface area contributed by atoms with E-state index >= 15 is 0 Å². The number of nitrogens with two attached hydrogens (primary N) is 1. The third kappa shape index (κ3) is 3.93. The van der Waals surface area contributed by atoms with E-state index in [9.17, 15) is 18.3 Å². The van der Waals surface area contributed by atoms with E-state index in [4.69, 9.17) is 5.14 Å². The van der Waals surface area contributed by atoms with Crippen LogP contribution in [-0.2, 0) is 16.6 Å². The molecule has 6 nitrogen and oxygen atoms in total. The topological polar surface area (TPSA) is 109 Å². The van der Waals surface area contributed by atoms with E-state index in [0.717, 1.165) is 11.6 Å². The van der Waals surface area contributed by atoms with Crippen LogP contribution in [0.5, 0.6) is 0 Å². The number of rotatable bonds is 6. The lowest BCUT2D eigenvalue weighted by Crippen LogP contribution is -2.16. The van der Waals surface area contributed by atoms with Crippen LogP contribution < -0.4 is 10.5 Å². The highest BCUT2D eigenvalue weighted by molar-refractivity contribution is 7.89. The number of carboxylic acid groups (broad SMARTS) is 1. The molecule has 0 aliphatic heterocycles. The molecule has 8 heteroatoms. The number of sulfonamides is 1. The largest absolute Gasteiger partial charge is 0.478 e. The maximum Gasteiger partial charge on any atom is 0.335 e. The van der Waals surface area contributed by atoms with Gasteiger partial charge in [0.2, 0.25) is 10.0 Å². The van der Waals surface area contributed by atoms with E-state index < -0.39 is 16.0 Å². The summed E-state index contributed by atoms with van der Waals surface area (Å²) in [6.45, 7) is 0.408. The maximum absolute atomic E-state index is 12.1. The first kappa shape index (κ1) is 18.1. The number of carboxylic acids is 1. The highest BCUT2D eigenvalue weighted by atomic mass is 32.2. The number of primary sulfonamides is 1. The first-order valence-corrected chi connectivity index (χ1v) is 10.1. The fraction of sp³-hybridized carbons (Fsp3) is 0.0556. The fourth-order valence-electron chi connectivity index (χ4n) is 2.60. The van der Waals surface area contributed by atoms with Gasteiger partial charge in [0.15, 0.2) is 0 Å². The number of hydrogen-bond acceptors (Lipinski definition) is 5. The predicted octanol–water partition coefficient (Wildman–Crippen LogP) is 3.37. The lowest BCUT2D eigenvalue weighted by Gasteiger charge is -2.16. The third-order valence-corrected chi connectivity index (χ3v) is 5.41. The molecule has 26 heavy (non-hydrogen) atoms. The second-order valence-corrected chi connectivity index (χ2v) is 7.91. The summed E-state index contributed by atoms with van der Waals surface area (Å²) in [5, 5.41) is 21.5. The number of aromatic carboxylic acids is 1. The first-order valence-electron chi connectivity index (χ1n) is 7.61. The van der Waals surface area contributed by atoms with Gasteiger partial charge in [0, 0.05) is 17.8 Å². The molecule has 1 heterocycles. The summed E-state index contributed by atoms with van der Waals surface area (Å²) in [5.74, 6) is -1.23. The molecule has 134 valence electrons. The molecule has 0 saturated carbocycles. The van der Waals surface area contributed by atoms with Crippen molar-refractivity contribution in [1.29, 1.82) is 0 Å².